The Hall–Kier alpha value is -1.88. The number of piperidine rings is 1. The van der Waals surface area contributed by atoms with Crippen molar-refractivity contribution < 1.29 is 14.5 Å². The van der Waals surface area contributed by atoms with Crippen molar-refractivity contribution in [1.29, 1.82) is 0 Å². The van der Waals surface area contributed by atoms with E-state index >= 15 is 0 Å². The standard InChI is InChI=1S/C18H25N3O2/c1-12-8-13(2)10-20(9-12)14(3)18(23)21-11-17(22)19-15-6-4-5-7-16(15)21/h4-7,12-14H,8-11H2,1-3H3,(H,19,22)/p+1/t12-,13+,14-/m0/s1. The lowest BCUT2D eigenvalue weighted by Crippen LogP contribution is -3.18. The second kappa shape index (κ2) is 6.32. The molecule has 3 rings (SSSR count). The normalized spacial score (nSPS) is 28.7. The molecular formula is C18H26N3O2+. The van der Waals surface area contributed by atoms with Crippen LogP contribution >= 0.6 is 0 Å². The number of hydrogen-bond donors (Lipinski definition) is 2. The van der Waals surface area contributed by atoms with E-state index in [0.717, 1.165) is 24.5 Å². The highest BCUT2D eigenvalue weighted by Gasteiger charge is 2.37. The van der Waals surface area contributed by atoms with E-state index < -0.39 is 0 Å². The van der Waals surface area contributed by atoms with Gasteiger partial charge in [-0.2, -0.15) is 0 Å². The van der Waals surface area contributed by atoms with Crippen molar-refractivity contribution in [3.8, 4) is 0 Å². The van der Waals surface area contributed by atoms with Gasteiger partial charge in [-0.25, -0.2) is 0 Å². The number of hydrogen-bond acceptors (Lipinski definition) is 2. The number of benzene rings is 1. The molecule has 0 aliphatic carbocycles. The van der Waals surface area contributed by atoms with Crippen molar-refractivity contribution in [3.05, 3.63) is 24.3 Å². The Morgan fingerprint density at radius 2 is 1.91 bits per heavy atom. The van der Waals surface area contributed by atoms with Crippen LogP contribution in [0.4, 0.5) is 11.4 Å². The number of carbonyl (C=O) groups is 2. The van der Waals surface area contributed by atoms with Crippen LogP contribution in [0.25, 0.3) is 0 Å². The van der Waals surface area contributed by atoms with Gasteiger partial charge in [0.25, 0.3) is 5.91 Å². The molecule has 0 saturated carbocycles. The molecular weight excluding hydrogens is 290 g/mol. The molecule has 1 fully saturated rings. The lowest BCUT2D eigenvalue weighted by Gasteiger charge is -2.38. The Kier molecular flexibility index (Phi) is 4.39. The van der Waals surface area contributed by atoms with E-state index in [1.54, 1.807) is 4.90 Å². The molecule has 2 amide bonds. The van der Waals surface area contributed by atoms with Crippen molar-refractivity contribution in [3.63, 3.8) is 0 Å². The van der Waals surface area contributed by atoms with Gasteiger partial charge in [0.1, 0.15) is 6.54 Å². The Morgan fingerprint density at radius 1 is 1.26 bits per heavy atom. The number of carbonyl (C=O) groups excluding carboxylic acids is 2. The number of para-hydroxylation sites is 2. The molecule has 5 nitrogen and oxygen atoms in total. The Morgan fingerprint density at radius 3 is 2.61 bits per heavy atom. The van der Waals surface area contributed by atoms with E-state index in [2.05, 4.69) is 19.2 Å². The smallest absolute Gasteiger partial charge is 0.285 e. The van der Waals surface area contributed by atoms with Crippen LogP contribution in [0.3, 0.4) is 0 Å². The predicted molar refractivity (Wildman–Crippen MR) is 90.5 cm³/mol. The fourth-order valence-corrected chi connectivity index (χ4v) is 4.02. The summed E-state index contributed by atoms with van der Waals surface area (Å²) in [7, 11) is 0. The maximum absolute atomic E-state index is 13.0. The highest BCUT2D eigenvalue weighted by atomic mass is 16.2. The summed E-state index contributed by atoms with van der Waals surface area (Å²) in [6.45, 7) is 8.68. The molecule has 2 aliphatic rings. The zero-order valence-corrected chi connectivity index (χ0v) is 14.1. The lowest BCUT2D eigenvalue weighted by atomic mass is 9.91. The summed E-state index contributed by atoms with van der Waals surface area (Å²) in [5, 5.41) is 2.84. The summed E-state index contributed by atoms with van der Waals surface area (Å²) in [4.78, 5) is 28.0. The zero-order valence-electron chi connectivity index (χ0n) is 14.1. The van der Waals surface area contributed by atoms with Gasteiger partial charge >= 0.3 is 0 Å². The van der Waals surface area contributed by atoms with E-state index in [9.17, 15) is 9.59 Å². The second-order valence-electron chi connectivity index (χ2n) is 7.22. The van der Waals surface area contributed by atoms with Crippen LogP contribution in [0.5, 0.6) is 0 Å². The van der Waals surface area contributed by atoms with Gasteiger partial charge < -0.3 is 10.2 Å². The lowest BCUT2D eigenvalue weighted by molar-refractivity contribution is -0.925. The number of quaternary nitrogens is 1. The molecule has 0 aromatic heterocycles. The summed E-state index contributed by atoms with van der Waals surface area (Å²) < 4.78 is 0. The molecule has 4 atom stereocenters. The predicted octanol–water partition coefficient (Wildman–Crippen LogP) is 0.921. The first-order chi connectivity index (χ1) is 11.0. The number of anilines is 2. The summed E-state index contributed by atoms with van der Waals surface area (Å²) >= 11 is 0. The summed E-state index contributed by atoms with van der Waals surface area (Å²) in [6.07, 6.45) is 1.24. The van der Waals surface area contributed by atoms with Crippen LogP contribution < -0.4 is 15.1 Å². The Labute approximate surface area is 137 Å². The minimum Gasteiger partial charge on any atom is -0.324 e. The average Bonchev–Trinajstić information content (AvgIpc) is 2.51. The monoisotopic (exact) mass is 316 g/mol. The van der Waals surface area contributed by atoms with Gasteiger partial charge in [0.15, 0.2) is 6.04 Å². The van der Waals surface area contributed by atoms with Gasteiger partial charge in [0, 0.05) is 11.8 Å². The minimum atomic E-state index is -0.126. The maximum Gasteiger partial charge on any atom is 0.285 e. The summed E-state index contributed by atoms with van der Waals surface area (Å²) in [6, 6.07) is 7.39. The van der Waals surface area contributed by atoms with Crippen LogP contribution in [0.2, 0.25) is 0 Å². The average molecular weight is 316 g/mol. The van der Waals surface area contributed by atoms with Crippen molar-refractivity contribution in [2.75, 3.05) is 29.9 Å². The summed E-state index contributed by atoms with van der Waals surface area (Å²) in [5.41, 5.74) is 1.53. The zero-order chi connectivity index (χ0) is 16.6. The van der Waals surface area contributed by atoms with Gasteiger partial charge in [-0.1, -0.05) is 26.0 Å². The van der Waals surface area contributed by atoms with Crippen LogP contribution in [0, 0.1) is 11.8 Å². The molecule has 0 spiro atoms. The molecule has 0 bridgehead atoms. The fourth-order valence-electron chi connectivity index (χ4n) is 4.02. The first kappa shape index (κ1) is 16.0. The van der Waals surface area contributed by atoms with Crippen molar-refractivity contribution >= 4 is 23.2 Å². The Bertz CT molecular complexity index is 606. The molecule has 124 valence electrons. The largest absolute Gasteiger partial charge is 0.324 e. The van der Waals surface area contributed by atoms with Gasteiger partial charge in [-0.15, -0.1) is 0 Å². The fraction of sp³-hybridized carbons (Fsp3) is 0.556. The number of amides is 2. The van der Waals surface area contributed by atoms with Crippen molar-refractivity contribution in [1.82, 2.24) is 0 Å². The molecule has 2 N–H and O–H groups in total. The van der Waals surface area contributed by atoms with E-state index in [-0.39, 0.29) is 24.4 Å². The SMILES string of the molecule is C[C@@H]1C[C@H](C)C[NH+]([C@@H](C)C(=O)N2CC(=O)Nc3ccccc32)C1. The number of rotatable bonds is 2. The van der Waals surface area contributed by atoms with Gasteiger partial charge in [0.2, 0.25) is 5.91 Å². The maximum atomic E-state index is 13.0. The molecule has 1 saturated heterocycles. The molecule has 2 aliphatic heterocycles. The quantitative estimate of drug-likeness (QED) is 0.852. The molecule has 23 heavy (non-hydrogen) atoms. The second-order valence-corrected chi connectivity index (χ2v) is 7.22. The van der Waals surface area contributed by atoms with Crippen molar-refractivity contribution in [2.45, 2.75) is 33.2 Å². The first-order valence-electron chi connectivity index (χ1n) is 8.50. The topological polar surface area (TPSA) is 53.9 Å². The highest BCUT2D eigenvalue weighted by Crippen LogP contribution is 2.29. The number of nitrogens with one attached hydrogen (secondary N) is 2. The Balaban J connectivity index is 1.81. The van der Waals surface area contributed by atoms with Crippen LogP contribution in [0.15, 0.2) is 24.3 Å². The van der Waals surface area contributed by atoms with E-state index in [1.165, 1.54) is 11.3 Å². The van der Waals surface area contributed by atoms with Crippen LogP contribution in [0.1, 0.15) is 27.2 Å². The van der Waals surface area contributed by atoms with Gasteiger partial charge in [0.05, 0.1) is 24.5 Å². The molecule has 1 aromatic rings. The summed E-state index contributed by atoms with van der Waals surface area (Å²) in [5.74, 6) is 1.20. The molecule has 1 unspecified atom stereocenters. The van der Waals surface area contributed by atoms with Gasteiger partial charge in [-0.3, -0.25) is 14.5 Å². The number of likely N-dealkylation sites (tertiary alicyclic amines) is 1. The molecule has 5 heteroatoms. The number of nitrogens with zero attached hydrogens (tertiary/aromatic N) is 1. The van der Waals surface area contributed by atoms with Crippen LogP contribution in [-0.2, 0) is 9.59 Å². The molecule has 1 aromatic carbocycles. The van der Waals surface area contributed by atoms with E-state index in [4.69, 9.17) is 0 Å². The van der Waals surface area contributed by atoms with E-state index in [0.29, 0.717) is 11.8 Å². The van der Waals surface area contributed by atoms with Crippen molar-refractivity contribution in [2.24, 2.45) is 11.8 Å². The molecule has 0 radical (unpaired) electrons. The first-order valence-corrected chi connectivity index (χ1v) is 8.50. The van der Waals surface area contributed by atoms with Gasteiger partial charge in [-0.05, 0) is 25.5 Å². The third-order valence-corrected chi connectivity index (χ3v) is 5.05. The number of fused-ring (bicyclic) bond motifs is 1. The van der Waals surface area contributed by atoms with Crippen LogP contribution in [-0.4, -0.2) is 37.5 Å². The third kappa shape index (κ3) is 3.24. The highest BCUT2D eigenvalue weighted by molar-refractivity contribution is 6.10. The minimum absolute atomic E-state index is 0.0450. The third-order valence-electron chi connectivity index (χ3n) is 5.05. The molecule has 2 heterocycles. The van der Waals surface area contributed by atoms with E-state index in [1.807, 2.05) is 31.2 Å².